The molecule has 0 saturated carbocycles. The van der Waals surface area contributed by atoms with Crippen LogP contribution in [0.4, 0.5) is 0 Å². The van der Waals surface area contributed by atoms with Crippen LogP contribution in [0.1, 0.15) is 111 Å². The highest BCUT2D eigenvalue weighted by molar-refractivity contribution is 6.25. The molecule has 0 N–H and O–H groups in total. The lowest BCUT2D eigenvalue weighted by molar-refractivity contribution is 1.50. The Morgan fingerprint density at radius 2 is 0.323 bits per heavy atom. The van der Waals surface area contributed by atoms with E-state index in [4.69, 9.17) is 0 Å². The van der Waals surface area contributed by atoms with Gasteiger partial charge in [-0.2, -0.15) is 0 Å². The molecule has 0 aliphatic heterocycles. The van der Waals surface area contributed by atoms with Gasteiger partial charge in [0.1, 0.15) is 0 Å². The van der Waals surface area contributed by atoms with Crippen LogP contribution in [-0.4, -0.2) is 0 Å². The first-order valence-corrected chi connectivity index (χ1v) is 35.7. The van der Waals surface area contributed by atoms with E-state index in [1.165, 1.54) is 153 Å². The molecule has 0 unspecified atom stereocenters. The van der Waals surface area contributed by atoms with E-state index >= 15 is 0 Å². The third kappa shape index (κ3) is 15.5. The molecular formula is C96H100. The van der Waals surface area contributed by atoms with Gasteiger partial charge in [-0.15, -0.1) is 0 Å². The standard InChI is InChI=1S/2C40H26.8C2H6/c2*1-2-12-31-26-32(25-22-27(31)10-1)28-20-23-30(24-21-28)39-35-15-5-7-17-37(35)40(38-18-8-6-16-36(38)39)34-19-9-13-29-11-3-4-14-33(29)34;8*1-2/h2*1-26H;8*1-2H3. The molecule has 0 amide bonds. The van der Waals surface area contributed by atoms with Crippen LogP contribution >= 0.6 is 0 Å². The van der Waals surface area contributed by atoms with E-state index in [0.717, 1.165) is 0 Å². The van der Waals surface area contributed by atoms with Gasteiger partial charge in [0.2, 0.25) is 0 Å². The minimum Gasteiger partial charge on any atom is -0.0683 e. The molecule has 0 nitrogen and oxygen atoms in total. The summed E-state index contributed by atoms with van der Waals surface area (Å²) in [6.07, 6.45) is 0. The summed E-state index contributed by atoms with van der Waals surface area (Å²) in [4.78, 5) is 0. The third-order valence-electron chi connectivity index (χ3n) is 16.5. The highest BCUT2D eigenvalue weighted by atomic mass is 14.2. The molecule has 0 heterocycles. The van der Waals surface area contributed by atoms with Crippen LogP contribution in [0.3, 0.4) is 0 Å². The van der Waals surface area contributed by atoms with Gasteiger partial charge < -0.3 is 0 Å². The molecule has 0 bridgehead atoms. The smallest absolute Gasteiger partial charge is 0.00201 e. The van der Waals surface area contributed by atoms with E-state index in [1.807, 2.05) is 111 Å². The van der Waals surface area contributed by atoms with E-state index in [0.29, 0.717) is 0 Å². The average Bonchev–Trinajstić information content (AvgIpc) is 0.738. The fourth-order valence-corrected chi connectivity index (χ4v) is 12.7. The summed E-state index contributed by atoms with van der Waals surface area (Å²) in [5, 5.41) is 20.4. The van der Waals surface area contributed by atoms with Crippen molar-refractivity contribution in [1.29, 1.82) is 0 Å². The number of hydrogen-bond donors (Lipinski definition) is 0. The van der Waals surface area contributed by atoms with Crippen LogP contribution in [0, 0.1) is 0 Å². The van der Waals surface area contributed by atoms with Gasteiger partial charge in [0.25, 0.3) is 0 Å². The zero-order chi connectivity index (χ0) is 68.9. The van der Waals surface area contributed by atoms with E-state index in [-0.39, 0.29) is 0 Å². The highest BCUT2D eigenvalue weighted by Crippen LogP contribution is 2.48. The molecular weight excluding hydrogens is 1150 g/mol. The predicted molar refractivity (Wildman–Crippen MR) is 436 cm³/mol. The van der Waals surface area contributed by atoms with Gasteiger partial charge >= 0.3 is 0 Å². The van der Waals surface area contributed by atoms with Crippen molar-refractivity contribution in [3.05, 3.63) is 315 Å². The fraction of sp³-hybridized carbons (Fsp3) is 0.167. The Balaban J connectivity index is 0.000000225. The molecule has 0 fully saturated rings. The van der Waals surface area contributed by atoms with E-state index in [1.54, 1.807) is 0 Å². The first-order chi connectivity index (χ1) is 47.7. The van der Waals surface area contributed by atoms with Crippen LogP contribution in [0.5, 0.6) is 0 Å². The predicted octanol–water partition coefficient (Wildman–Crippen LogP) is 30.8. The van der Waals surface area contributed by atoms with Crippen molar-refractivity contribution in [3.8, 4) is 66.8 Å². The maximum absolute atomic E-state index is 2.29. The van der Waals surface area contributed by atoms with Crippen LogP contribution in [-0.2, 0) is 0 Å². The van der Waals surface area contributed by atoms with Gasteiger partial charge in [0.15, 0.2) is 0 Å². The normalized spacial score (nSPS) is 10.1. The van der Waals surface area contributed by atoms with Crippen molar-refractivity contribution in [3.63, 3.8) is 0 Å². The molecule has 0 aliphatic carbocycles. The molecule has 484 valence electrons. The number of fused-ring (bicyclic) bond motifs is 8. The molecule has 0 aliphatic rings. The van der Waals surface area contributed by atoms with Crippen LogP contribution in [0.15, 0.2) is 315 Å². The fourth-order valence-electron chi connectivity index (χ4n) is 12.7. The zero-order valence-corrected chi connectivity index (χ0v) is 60.0. The van der Waals surface area contributed by atoms with E-state index in [2.05, 4.69) is 315 Å². The van der Waals surface area contributed by atoms with Crippen molar-refractivity contribution in [1.82, 2.24) is 0 Å². The maximum atomic E-state index is 2.29. The second kappa shape index (κ2) is 37.5. The largest absolute Gasteiger partial charge is 0.0683 e. The lowest BCUT2D eigenvalue weighted by Crippen LogP contribution is -1.91. The molecule has 16 aromatic carbocycles. The summed E-state index contributed by atoms with van der Waals surface area (Å²) in [6.45, 7) is 32.0. The first kappa shape index (κ1) is 73.0. The molecule has 0 radical (unpaired) electrons. The number of benzene rings is 16. The lowest BCUT2D eigenvalue weighted by atomic mass is 9.84. The Morgan fingerprint density at radius 1 is 0.125 bits per heavy atom. The SMILES string of the molecule is CC.CC.CC.CC.CC.CC.CC.CC.c1ccc2cc(-c3ccc(-c4c5ccccc5c(-c5cccc6ccccc56)c5ccccc45)cc3)ccc2c1.c1ccc2cc(-c3ccc(-c4c5ccccc5c(-c5cccc6ccccc56)c5ccccc45)cc3)ccc2c1. The second-order valence-electron chi connectivity index (χ2n) is 21.0. The van der Waals surface area contributed by atoms with Gasteiger partial charge in [0, 0.05) is 0 Å². The Morgan fingerprint density at radius 3 is 0.604 bits per heavy atom. The van der Waals surface area contributed by atoms with Gasteiger partial charge in [0.05, 0.1) is 0 Å². The van der Waals surface area contributed by atoms with Gasteiger partial charge in [-0.1, -0.05) is 414 Å². The molecule has 0 aromatic heterocycles. The van der Waals surface area contributed by atoms with Crippen molar-refractivity contribution in [2.24, 2.45) is 0 Å². The Bertz CT molecular complexity index is 4600. The highest BCUT2D eigenvalue weighted by Gasteiger charge is 2.20. The van der Waals surface area contributed by atoms with Gasteiger partial charge in [-0.25, -0.2) is 0 Å². The molecule has 16 aromatic rings. The quantitative estimate of drug-likeness (QED) is 0.146. The summed E-state index contributed by atoms with van der Waals surface area (Å²) in [5.74, 6) is 0. The summed E-state index contributed by atoms with van der Waals surface area (Å²) in [6, 6.07) is 115. The Kier molecular flexibility index (Phi) is 28.5. The minimum atomic E-state index is 1.23. The van der Waals surface area contributed by atoms with Crippen molar-refractivity contribution >= 4 is 86.2 Å². The van der Waals surface area contributed by atoms with Crippen LogP contribution in [0.25, 0.3) is 153 Å². The monoisotopic (exact) mass is 1250 g/mol. The lowest BCUT2D eigenvalue weighted by Gasteiger charge is -2.19. The zero-order valence-electron chi connectivity index (χ0n) is 60.0. The van der Waals surface area contributed by atoms with Gasteiger partial charge in [-0.05, 0) is 165 Å². The van der Waals surface area contributed by atoms with Crippen LogP contribution < -0.4 is 0 Å². The Labute approximate surface area is 575 Å². The number of rotatable bonds is 6. The first-order valence-electron chi connectivity index (χ1n) is 35.7. The molecule has 0 saturated heterocycles. The summed E-state index contributed by atoms with van der Waals surface area (Å²) in [5.41, 5.74) is 15.2. The minimum absolute atomic E-state index is 1.23. The topological polar surface area (TPSA) is 0 Å². The Hall–Kier alpha value is -10.4. The summed E-state index contributed by atoms with van der Waals surface area (Å²) >= 11 is 0. The van der Waals surface area contributed by atoms with Gasteiger partial charge in [-0.3, -0.25) is 0 Å². The average molecular weight is 1250 g/mol. The number of hydrogen-bond acceptors (Lipinski definition) is 0. The molecule has 0 spiro atoms. The van der Waals surface area contributed by atoms with Crippen molar-refractivity contribution in [2.75, 3.05) is 0 Å². The molecule has 0 atom stereocenters. The third-order valence-corrected chi connectivity index (χ3v) is 16.5. The molecule has 16 rings (SSSR count). The second-order valence-corrected chi connectivity index (χ2v) is 21.0. The maximum Gasteiger partial charge on any atom is -0.00201 e. The van der Waals surface area contributed by atoms with E-state index < -0.39 is 0 Å². The summed E-state index contributed by atoms with van der Waals surface area (Å²) in [7, 11) is 0. The molecule has 96 heavy (non-hydrogen) atoms. The van der Waals surface area contributed by atoms with Crippen molar-refractivity contribution < 1.29 is 0 Å². The van der Waals surface area contributed by atoms with Crippen LogP contribution in [0.2, 0.25) is 0 Å². The molecule has 0 heteroatoms. The summed E-state index contributed by atoms with van der Waals surface area (Å²) < 4.78 is 0. The van der Waals surface area contributed by atoms with Crippen molar-refractivity contribution in [2.45, 2.75) is 111 Å². The van der Waals surface area contributed by atoms with E-state index in [9.17, 15) is 0 Å².